The van der Waals surface area contributed by atoms with Gasteiger partial charge in [-0.05, 0) is 62.4 Å². The Hall–Kier alpha value is -0.930. The van der Waals surface area contributed by atoms with Crippen LogP contribution in [0.1, 0.15) is 37.4 Å². The number of hydrogen-bond acceptors (Lipinski definition) is 2. The van der Waals surface area contributed by atoms with Crippen LogP contribution in [-0.2, 0) is 0 Å². The highest BCUT2D eigenvalue weighted by Crippen LogP contribution is 2.24. The highest BCUT2D eigenvalue weighted by Gasteiger charge is 2.15. The first-order valence-electron chi connectivity index (χ1n) is 6.40. The fourth-order valence-electron chi connectivity index (χ4n) is 2.42. The summed E-state index contributed by atoms with van der Waals surface area (Å²) in [5, 5.41) is 13.3. The second-order valence-corrected chi connectivity index (χ2v) is 4.84. The van der Waals surface area contributed by atoms with Crippen molar-refractivity contribution in [3.8, 4) is 0 Å². The van der Waals surface area contributed by atoms with E-state index in [9.17, 15) is 9.50 Å². The van der Waals surface area contributed by atoms with Crippen LogP contribution in [0.5, 0.6) is 0 Å². The monoisotopic (exact) mass is 237 g/mol. The van der Waals surface area contributed by atoms with Crippen LogP contribution in [0.4, 0.5) is 4.39 Å². The van der Waals surface area contributed by atoms with Crippen molar-refractivity contribution in [1.29, 1.82) is 0 Å². The summed E-state index contributed by atoms with van der Waals surface area (Å²) in [4.78, 5) is 0. The average molecular weight is 237 g/mol. The smallest absolute Gasteiger partial charge is 0.123 e. The van der Waals surface area contributed by atoms with Crippen molar-refractivity contribution in [2.24, 2.45) is 5.92 Å². The number of hydrogen-bond donors (Lipinski definition) is 2. The van der Waals surface area contributed by atoms with Crippen LogP contribution in [-0.4, -0.2) is 18.2 Å². The van der Waals surface area contributed by atoms with Crippen LogP contribution < -0.4 is 5.32 Å². The molecule has 1 aromatic carbocycles. The lowest BCUT2D eigenvalue weighted by molar-refractivity contribution is 0.152. The molecule has 1 heterocycles. The minimum Gasteiger partial charge on any atom is -0.388 e. The Morgan fingerprint density at radius 2 is 1.88 bits per heavy atom. The first-order chi connectivity index (χ1) is 8.25. The quantitative estimate of drug-likeness (QED) is 0.843. The Labute approximate surface area is 102 Å². The van der Waals surface area contributed by atoms with E-state index in [1.807, 2.05) is 0 Å². The van der Waals surface area contributed by atoms with E-state index < -0.39 is 6.10 Å². The van der Waals surface area contributed by atoms with Crippen molar-refractivity contribution in [2.75, 3.05) is 13.1 Å². The minimum absolute atomic E-state index is 0.251. The van der Waals surface area contributed by atoms with Crippen LogP contribution in [0.3, 0.4) is 0 Å². The summed E-state index contributed by atoms with van der Waals surface area (Å²) in [5.41, 5.74) is 0.820. The SMILES string of the molecule is O[C@@H](CCC1CCNCC1)c1ccc(F)cc1. The number of aliphatic hydroxyl groups excluding tert-OH is 1. The standard InChI is InChI=1S/C14H20FNO/c15-13-4-2-12(3-5-13)14(17)6-1-11-7-9-16-10-8-11/h2-5,11,14,16-17H,1,6-10H2/t14-/m0/s1. The molecule has 0 spiro atoms. The fraction of sp³-hybridized carbons (Fsp3) is 0.571. The van der Waals surface area contributed by atoms with Gasteiger partial charge in [0.1, 0.15) is 5.82 Å². The van der Waals surface area contributed by atoms with Gasteiger partial charge in [-0.3, -0.25) is 0 Å². The predicted octanol–water partition coefficient (Wildman–Crippen LogP) is 2.64. The molecule has 1 aliphatic heterocycles. The van der Waals surface area contributed by atoms with Gasteiger partial charge in [-0.1, -0.05) is 12.1 Å². The number of aliphatic hydroxyl groups is 1. The summed E-state index contributed by atoms with van der Waals surface area (Å²) in [6.07, 6.45) is 3.79. The molecule has 0 bridgehead atoms. The largest absolute Gasteiger partial charge is 0.388 e. The fourth-order valence-corrected chi connectivity index (χ4v) is 2.42. The van der Waals surface area contributed by atoms with Gasteiger partial charge in [0.25, 0.3) is 0 Å². The highest BCUT2D eigenvalue weighted by atomic mass is 19.1. The highest BCUT2D eigenvalue weighted by molar-refractivity contribution is 5.18. The summed E-state index contributed by atoms with van der Waals surface area (Å²) in [6, 6.07) is 6.15. The van der Waals surface area contributed by atoms with E-state index in [1.54, 1.807) is 12.1 Å². The molecule has 0 saturated carbocycles. The van der Waals surface area contributed by atoms with Crippen LogP contribution in [0, 0.1) is 11.7 Å². The van der Waals surface area contributed by atoms with Gasteiger partial charge in [-0.15, -0.1) is 0 Å². The Balaban J connectivity index is 1.80. The van der Waals surface area contributed by atoms with E-state index in [1.165, 1.54) is 25.0 Å². The number of halogens is 1. The molecule has 1 atom stereocenters. The van der Waals surface area contributed by atoms with Gasteiger partial charge in [-0.2, -0.15) is 0 Å². The van der Waals surface area contributed by atoms with Crippen molar-refractivity contribution in [1.82, 2.24) is 5.32 Å². The lowest BCUT2D eigenvalue weighted by atomic mass is 9.91. The maximum Gasteiger partial charge on any atom is 0.123 e. The molecule has 2 N–H and O–H groups in total. The molecule has 1 aliphatic rings. The Kier molecular flexibility index (Phi) is 4.51. The number of rotatable bonds is 4. The summed E-state index contributed by atoms with van der Waals surface area (Å²) < 4.78 is 12.7. The van der Waals surface area contributed by atoms with Crippen molar-refractivity contribution in [3.63, 3.8) is 0 Å². The molecular weight excluding hydrogens is 217 g/mol. The molecule has 0 aromatic heterocycles. The number of benzene rings is 1. The third-order valence-electron chi connectivity index (χ3n) is 3.56. The predicted molar refractivity (Wildman–Crippen MR) is 66.2 cm³/mol. The molecule has 0 aliphatic carbocycles. The summed E-state index contributed by atoms with van der Waals surface area (Å²) in [6.45, 7) is 2.19. The number of nitrogens with one attached hydrogen (secondary N) is 1. The lowest BCUT2D eigenvalue weighted by Crippen LogP contribution is -2.27. The zero-order chi connectivity index (χ0) is 12.1. The van der Waals surface area contributed by atoms with Crippen LogP contribution >= 0.6 is 0 Å². The molecule has 94 valence electrons. The van der Waals surface area contributed by atoms with Crippen LogP contribution in [0.15, 0.2) is 24.3 Å². The maximum atomic E-state index is 12.7. The van der Waals surface area contributed by atoms with E-state index >= 15 is 0 Å². The third-order valence-corrected chi connectivity index (χ3v) is 3.56. The molecule has 0 amide bonds. The normalized spacial score (nSPS) is 19.2. The average Bonchev–Trinajstić information content (AvgIpc) is 2.38. The van der Waals surface area contributed by atoms with E-state index in [0.717, 1.165) is 37.4 Å². The third kappa shape index (κ3) is 3.79. The summed E-state index contributed by atoms with van der Waals surface area (Å²) in [5.74, 6) is 0.477. The van der Waals surface area contributed by atoms with Crippen molar-refractivity contribution >= 4 is 0 Å². The molecule has 2 rings (SSSR count). The van der Waals surface area contributed by atoms with Gasteiger partial charge in [-0.25, -0.2) is 4.39 Å². The second-order valence-electron chi connectivity index (χ2n) is 4.84. The first-order valence-corrected chi connectivity index (χ1v) is 6.40. The number of piperidine rings is 1. The van der Waals surface area contributed by atoms with Crippen molar-refractivity contribution < 1.29 is 9.50 Å². The van der Waals surface area contributed by atoms with Gasteiger partial charge in [0.2, 0.25) is 0 Å². The van der Waals surface area contributed by atoms with E-state index in [0.29, 0.717) is 0 Å². The summed E-state index contributed by atoms with van der Waals surface area (Å²) in [7, 11) is 0. The molecule has 1 aromatic rings. The Morgan fingerprint density at radius 3 is 2.53 bits per heavy atom. The van der Waals surface area contributed by atoms with E-state index in [-0.39, 0.29) is 5.82 Å². The van der Waals surface area contributed by atoms with Gasteiger partial charge in [0.05, 0.1) is 6.10 Å². The molecule has 0 radical (unpaired) electrons. The minimum atomic E-state index is -0.453. The van der Waals surface area contributed by atoms with Crippen molar-refractivity contribution in [2.45, 2.75) is 31.8 Å². The zero-order valence-corrected chi connectivity index (χ0v) is 10.0. The molecule has 1 saturated heterocycles. The Bertz CT molecular complexity index is 333. The molecule has 3 heteroatoms. The van der Waals surface area contributed by atoms with Gasteiger partial charge in [0.15, 0.2) is 0 Å². The molecule has 17 heavy (non-hydrogen) atoms. The molecular formula is C14H20FNO. The van der Waals surface area contributed by atoms with Crippen LogP contribution in [0.2, 0.25) is 0 Å². The van der Waals surface area contributed by atoms with E-state index in [4.69, 9.17) is 0 Å². The topological polar surface area (TPSA) is 32.3 Å². The summed E-state index contributed by atoms with van der Waals surface area (Å²) >= 11 is 0. The van der Waals surface area contributed by atoms with Crippen molar-refractivity contribution in [3.05, 3.63) is 35.6 Å². The molecule has 1 fully saturated rings. The van der Waals surface area contributed by atoms with E-state index in [2.05, 4.69) is 5.32 Å². The van der Waals surface area contributed by atoms with Crippen LogP contribution in [0.25, 0.3) is 0 Å². The molecule has 0 unspecified atom stereocenters. The zero-order valence-electron chi connectivity index (χ0n) is 10.0. The van der Waals surface area contributed by atoms with Gasteiger partial charge >= 0.3 is 0 Å². The maximum absolute atomic E-state index is 12.7. The molecule has 2 nitrogen and oxygen atoms in total. The first kappa shape index (κ1) is 12.5. The lowest BCUT2D eigenvalue weighted by Gasteiger charge is -2.23. The Morgan fingerprint density at radius 1 is 1.24 bits per heavy atom. The van der Waals surface area contributed by atoms with Gasteiger partial charge < -0.3 is 10.4 Å². The van der Waals surface area contributed by atoms with Gasteiger partial charge in [0, 0.05) is 0 Å². The second kappa shape index (κ2) is 6.12.